The van der Waals surface area contributed by atoms with Crippen molar-refractivity contribution in [3.63, 3.8) is 0 Å². The van der Waals surface area contributed by atoms with Gasteiger partial charge in [0, 0.05) is 5.56 Å². The molecule has 0 unspecified atom stereocenters. The van der Waals surface area contributed by atoms with Crippen molar-refractivity contribution < 1.29 is 28.9 Å². The van der Waals surface area contributed by atoms with Gasteiger partial charge in [-0.1, -0.05) is 0 Å². The Hall–Kier alpha value is -2.15. The van der Waals surface area contributed by atoms with E-state index in [0.29, 0.717) is 0 Å². The molecule has 6 nitrogen and oxygen atoms in total. The number of aromatic carboxylic acids is 1. The van der Waals surface area contributed by atoms with E-state index < -0.39 is 34.6 Å². The van der Waals surface area contributed by atoms with Gasteiger partial charge in [-0.2, -0.15) is 0 Å². The van der Waals surface area contributed by atoms with Crippen LogP contribution in [0.2, 0.25) is 0 Å². The van der Waals surface area contributed by atoms with E-state index in [1.165, 1.54) is 13.8 Å². The number of carboxylic acid groups (broad SMARTS) is 1. The van der Waals surface area contributed by atoms with E-state index in [1.807, 2.05) is 0 Å². The van der Waals surface area contributed by atoms with E-state index in [9.17, 15) is 19.1 Å². The molecule has 0 aromatic heterocycles. The van der Waals surface area contributed by atoms with Gasteiger partial charge in [0.15, 0.2) is 0 Å². The second-order valence-corrected chi connectivity index (χ2v) is 6.37. The van der Waals surface area contributed by atoms with E-state index in [1.54, 1.807) is 20.8 Å². The minimum absolute atomic E-state index is 0.0516. The van der Waals surface area contributed by atoms with Crippen molar-refractivity contribution in [3.8, 4) is 0 Å². The number of carbonyl (C=O) groups excluding carboxylic acids is 1. The van der Waals surface area contributed by atoms with Crippen LogP contribution < -0.4 is 5.32 Å². The Bertz CT molecular complexity index is 599. The topological polar surface area (TPSA) is 95.9 Å². The van der Waals surface area contributed by atoms with Gasteiger partial charge in [-0.15, -0.1) is 0 Å². The molecule has 122 valence electrons. The highest BCUT2D eigenvalue weighted by Gasteiger charge is 2.26. The lowest BCUT2D eigenvalue weighted by Gasteiger charge is -2.24. The van der Waals surface area contributed by atoms with Gasteiger partial charge in [0.25, 0.3) is 0 Å². The van der Waals surface area contributed by atoms with Crippen LogP contribution >= 0.6 is 0 Å². The van der Waals surface area contributed by atoms with Crippen LogP contribution in [0.5, 0.6) is 0 Å². The number of anilines is 1. The standard InChI is InChI=1S/C15H20FNO5/c1-14(2,3)22-13(20)17-11-7-10(16)8(12(18)19)6-9(11)15(4,5)21/h6-7,21H,1-5H3,(H,17,20)(H,18,19). The van der Waals surface area contributed by atoms with Gasteiger partial charge in [-0.25, -0.2) is 14.0 Å². The maximum atomic E-state index is 13.8. The molecule has 1 aromatic carbocycles. The third kappa shape index (κ3) is 4.70. The summed E-state index contributed by atoms with van der Waals surface area (Å²) in [6.07, 6.45) is -0.833. The zero-order valence-corrected chi connectivity index (χ0v) is 13.2. The smallest absolute Gasteiger partial charge is 0.412 e. The molecule has 1 aromatic rings. The van der Waals surface area contributed by atoms with Crippen LogP contribution in [0.15, 0.2) is 12.1 Å². The first kappa shape index (κ1) is 17.9. The number of hydrogen-bond acceptors (Lipinski definition) is 4. The number of nitrogens with one attached hydrogen (secondary N) is 1. The van der Waals surface area contributed by atoms with Crippen molar-refractivity contribution in [2.24, 2.45) is 0 Å². The Kier molecular flexibility index (Phi) is 4.82. The zero-order valence-electron chi connectivity index (χ0n) is 13.2. The first-order valence-corrected chi connectivity index (χ1v) is 6.61. The summed E-state index contributed by atoms with van der Waals surface area (Å²) < 4.78 is 18.9. The number of benzene rings is 1. The number of amides is 1. The molecule has 0 aliphatic carbocycles. The average Bonchev–Trinajstić information content (AvgIpc) is 2.23. The van der Waals surface area contributed by atoms with Gasteiger partial charge in [-0.3, -0.25) is 5.32 Å². The van der Waals surface area contributed by atoms with Gasteiger partial charge < -0.3 is 14.9 Å². The van der Waals surface area contributed by atoms with Gasteiger partial charge >= 0.3 is 12.1 Å². The molecule has 0 saturated heterocycles. The van der Waals surface area contributed by atoms with Gasteiger partial charge in [0.1, 0.15) is 11.4 Å². The van der Waals surface area contributed by atoms with Crippen LogP contribution in [-0.2, 0) is 10.3 Å². The fourth-order valence-electron chi connectivity index (χ4n) is 1.76. The van der Waals surface area contributed by atoms with Crippen LogP contribution in [0.25, 0.3) is 0 Å². The predicted molar refractivity (Wildman–Crippen MR) is 78.5 cm³/mol. The van der Waals surface area contributed by atoms with Crippen LogP contribution in [0.3, 0.4) is 0 Å². The third-order valence-electron chi connectivity index (χ3n) is 2.63. The Morgan fingerprint density at radius 3 is 2.14 bits per heavy atom. The van der Waals surface area contributed by atoms with Crippen molar-refractivity contribution in [1.82, 2.24) is 0 Å². The monoisotopic (exact) mass is 313 g/mol. The SMILES string of the molecule is CC(C)(C)OC(=O)Nc1cc(F)c(C(=O)O)cc1C(C)(C)O. The molecule has 0 heterocycles. The van der Waals surface area contributed by atoms with Crippen molar-refractivity contribution >= 4 is 17.7 Å². The average molecular weight is 313 g/mol. The molecule has 0 aliphatic rings. The normalized spacial score (nSPS) is 12.0. The molecule has 0 atom stereocenters. The Labute approximate surface area is 127 Å². The van der Waals surface area contributed by atoms with E-state index in [0.717, 1.165) is 12.1 Å². The summed E-state index contributed by atoms with van der Waals surface area (Å²) in [6, 6.07) is 1.84. The van der Waals surface area contributed by atoms with Crippen LogP contribution in [0.4, 0.5) is 14.9 Å². The van der Waals surface area contributed by atoms with Gasteiger partial charge in [0.05, 0.1) is 16.9 Å². The Morgan fingerprint density at radius 2 is 1.73 bits per heavy atom. The van der Waals surface area contributed by atoms with Crippen molar-refractivity contribution in [1.29, 1.82) is 0 Å². The lowest BCUT2D eigenvalue weighted by atomic mass is 9.94. The molecule has 1 amide bonds. The zero-order chi connectivity index (χ0) is 17.3. The molecule has 1 rings (SSSR count). The predicted octanol–water partition coefficient (Wildman–Crippen LogP) is 3.10. The number of aliphatic hydroxyl groups is 1. The fraction of sp³-hybridized carbons (Fsp3) is 0.467. The molecule has 0 aliphatic heterocycles. The largest absolute Gasteiger partial charge is 0.478 e. The van der Waals surface area contributed by atoms with Crippen molar-refractivity contribution in [3.05, 3.63) is 29.1 Å². The quantitative estimate of drug-likeness (QED) is 0.797. The summed E-state index contributed by atoms with van der Waals surface area (Å²) in [4.78, 5) is 22.8. The van der Waals surface area contributed by atoms with Gasteiger partial charge in [0.2, 0.25) is 0 Å². The number of ether oxygens (including phenoxy) is 1. The Morgan fingerprint density at radius 1 is 1.18 bits per heavy atom. The van der Waals surface area contributed by atoms with E-state index >= 15 is 0 Å². The maximum absolute atomic E-state index is 13.8. The highest BCUT2D eigenvalue weighted by atomic mass is 19.1. The third-order valence-corrected chi connectivity index (χ3v) is 2.63. The molecular weight excluding hydrogens is 293 g/mol. The molecular formula is C15H20FNO5. The van der Waals surface area contributed by atoms with E-state index in [-0.39, 0.29) is 11.3 Å². The molecule has 3 N–H and O–H groups in total. The molecule has 0 bridgehead atoms. The summed E-state index contributed by atoms with van der Waals surface area (Å²) in [6.45, 7) is 7.78. The Balaban J connectivity index is 3.26. The highest BCUT2D eigenvalue weighted by Crippen LogP contribution is 2.31. The summed E-state index contributed by atoms with van der Waals surface area (Å²) in [5.74, 6) is -2.49. The summed E-state index contributed by atoms with van der Waals surface area (Å²) in [7, 11) is 0. The summed E-state index contributed by atoms with van der Waals surface area (Å²) >= 11 is 0. The van der Waals surface area contributed by atoms with E-state index in [2.05, 4.69) is 5.32 Å². The number of carbonyl (C=O) groups is 2. The lowest BCUT2D eigenvalue weighted by molar-refractivity contribution is 0.0632. The summed E-state index contributed by atoms with van der Waals surface area (Å²) in [5, 5.41) is 21.4. The molecule has 22 heavy (non-hydrogen) atoms. The maximum Gasteiger partial charge on any atom is 0.412 e. The van der Waals surface area contributed by atoms with E-state index in [4.69, 9.17) is 9.84 Å². The van der Waals surface area contributed by atoms with Crippen molar-refractivity contribution in [2.75, 3.05) is 5.32 Å². The number of hydrogen-bond donors (Lipinski definition) is 3. The second kappa shape index (κ2) is 5.92. The number of carboxylic acids is 1. The van der Waals surface area contributed by atoms with Crippen LogP contribution in [0.1, 0.15) is 50.5 Å². The van der Waals surface area contributed by atoms with Gasteiger partial charge in [-0.05, 0) is 46.8 Å². The molecule has 0 fully saturated rings. The minimum atomic E-state index is -1.48. The summed E-state index contributed by atoms with van der Waals surface area (Å²) in [5.41, 5.74) is -2.81. The van der Waals surface area contributed by atoms with Crippen LogP contribution in [0, 0.1) is 5.82 Å². The lowest BCUT2D eigenvalue weighted by Crippen LogP contribution is -2.29. The molecule has 0 radical (unpaired) electrons. The first-order valence-electron chi connectivity index (χ1n) is 6.61. The minimum Gasteiger partial charge on any atom is -0.478 e. The van der Waals surface area contributed by atoms with Crippen LogP contribution in [-0.4, -0.2) is 27.9 Å². The molecule has 7 heteroatoms. The number of rotatable bonds is 3. The first-order chi connectivity index (χ1) is 9.81. The molecule has 0 saturated carbocycles. The number of halogens is 1. The fourth-order valence-corrected chi connectivity index (χ4v) is 1.76. The second-order valence-electron chi connectivity index (χ2n) is 6.37. The molecule has 0 spiro atoms. The highest BCUT2D eigenvalue weighted by molar-refractivity contribution is 5.91. The van der Waals surface area contributed by atoms with Crippen molar-refractivity contribution in [2.45, 2.75) is 45.8 Å².